The lowest BCUT2D eigenvalue weighted by molar-refractivity contribution is 0.115. The van der Waals surface area contributed by atoms with Crippen LogP contribution in [0.3, 0.4) is 0 Å². The highest BCUT2D eigenvalue weighted by atomic mass is 127. The van der Waals surface area contributed by atoms with E-state index in [9.17, 15) is 0 Å². The zero-order valence-corrected chi connectivity index (χ0v) is 11.6. The van der Waals surface area contributed by atoms with Crippen molar-refractivity contribution in [2.24, 2.45) is 0 Å². The van der Waals surface area contributed by atoms with Crippen molar-refractivity contribution in [3.63, 3.8) is 0 Å². The Morgan fingerprint density at radius 2 is 2.50 bits per heavy atom. The van der Waals surface area contributed by atoms with E-state index in [-0.39, 0.29) is 0 Å². The molecule has 2 heterocycles. The number of ether oxygens (including phenoxy) is 1. The molecule has 1 saturated heterocycles. The summed E-state index contributed by atoms with van der Waals surface area (Å²) in [5, 5.41) is 0. The molecule has 0 aromatic carbocycles. The summed E-state index contributed by atoms with van der Waals surface area (Å²) in [4.78, 5) is 10.6. The number of rotatable bonds is 4. The molecule has 2 rings (SSSR count). The Morgan fingerprint density at radius 1 is 1.62 bits per heavy atom. The van der Waals surface area contributed by atoms with Gasteiger partial charge in [0.2, 0.25) is 0 Å². The third-order valence-electron chi connectivity index (χ3n) is 2.78. The van der Waals surface area contributed by atoms with Crippen LogP contribution in [0.15, 0.2) is 12.5 Å². The number of anilines is 1. The molecule has 88 valence electrons. The standard InChI is InChI=1S/C11H16IN3O/c1-2-15(7-9-4-3-5-16-9)11-10(12)6-13-8-14-11/h6,8-9H,2-5,7H2,1H3. The lowest BCUT2D eigenvalue weighted by Crippen LogP contribution is -2.33. The maximum atomic E-state index is 5.66. The van der Waals surface area contributed by atoms with Gasteiger partial charge in [0.15, 0.2) is 0 Å². The summed E-state index contributed by atoms with van der Waals surface area (Å²) in [7, 11) is 0. The van der Waals surface area contributed by atoms with E-state index in [1.807, 2.05) is 6.20 Å². The lowest BCUT2D eigenvalue weighted by atomic mass is 10.2. The van der Waals surface area contributed by atoms with Gasteiger partial charge in [-0.05, 0) is 42.4 Å². The normalized spacial score (nSPS) is 20.0. The predicted molar refractivity (Wildman–Crippen MR) is 71.6 cm³/mol. The highest BCUT2D eigenvalue weighted by Gasteiger charge is 2.20. The minimum atomic E-state index is 0.366. The number of hydrogen-bond donors (Lipinski definition) is 0. The summed E-state index contributed by atoms with van der Waals surface area (Å²) in [6.45, 7) is 4.94. The zero-order chi connectivity index (χ0) is 11.4. The number of likely N-dealkylation sites (N-methyl/N-ethyl adjacent to an activating group) is 1. The van der Waals surface area contributed by atoms with Crippen molar-refractivity contribution in [3.8, 4) is 0 Å². The summed E-state index contributed by atoms with van der Waals surface area (Å²) in [6.07, 6.45) is 6.17. The molecule has 0 aliphatic carbocycles. The largest absolute Gasteiger partial charge is 0.376 e. The van der Waals surface area contributed by atoms with Gasteiger partial charge in [-0.2, -0.15) is 0 Å². The molecule has 0 N–H and O–H groups in total. The fraction of sp³-hybridized carbons (Fsp3) is 0.636. The van der Waals surface area contributed by atoms with Crippen LogP contribution in [0.5, 0.6) is 0 Å². The molecule has 1 aliphatic rings. The van der Waals surface area contributed by atoms with Crippen LogP contribution >= 0.6 is 22.6 Å². The van der Waals surface area contributed by atoms with Crippen molar-refractivity contribution in [1.29, 1.82) is 0 Å². The van der Waals surface area contributed by atoms with Crippen molar-refractivity contribution >= 4 is 28.4 Å². The predicted octanol–water partition coefficient (Wildman–Crippen LogP) is 2.09. The van der Waals surface area contributed by atoms with E-state index in [0.29, 0.717) is 6.10 Å². The van der Waals surface area contributed by atoms with Crippen molar-refractivity contribution < 1.29 is 4.74 Å². The monoisotopic (exact) mass is 333 g/mol. The first-order valence-corrected chi connectivity index (χ1v) is 6.71. The smallest absolute Gasteiger partial charge is 0.145 e. The topological polar surface area (TPSA) is 38.2 Å². The van der Waals surface area contributed by atoms with E-state index < -0.39 is 0 Å². The molecule has 1 aromatic rings. The van der Waals surface area contributed by atoms with Crippen LogP contribution in [0.25, 0.3) is 0 Å². The van der Waals surface area contributed by atoms with Gasteiger partial charge in [0.05, 0.1) is 9.67 Å². The second kappa shape index (κ2) is 5.77. The van der Waals surface area contributed by atoms with Gasteiger partial charge in [0.25, 0.3) is 0 Å². The molecular weight excluding hydrogens is 317 g/mol. The first-order valence-electron chi connectivity index (χ1n) is 5.63. The van der Waals surface area contributed by atoms with Crippen molar-refractivity contribution in [1.82, 2.24) is 9.97 Å². The van der Waals surface area contributed by atoms with Crippen LogP contribution in [0.1, 0.15) is 19.8 Å². The van der Waals surface area contributed by atoms with Gasteiger partial charge in [-0.15, -0.1) is 0 Å². The van der Waals surface area contributed by atoms with Crippen molar-refractivity contribution in [2.75, 3.05) is 24.6 Å². The minimum Gasteiger partial charge on any atom is -0.376 e. The van der Waals surface area contributed by atoms with Gasteiger partial charge < -0.3 is 9.64 Å². The van der Waals surface area contributed by atoms with E-state index in [1.54, 1.807) is 6.33 Å². The van der Waals surface area contributed by atoms with E-state index in [4.69, 9.17) is 4.74 Å². The summed E-state index contributed by atoms with van der Waals surface area (Å²) < 4.78 is 6.76. The fourth-order valence-electron chi connectivity index (χ4n) is 1.94. The molecule has 1 aliphatic heterocycles. The van der Waals surface area contributed by atoms with Crippen LogP contribution in [0, 0.1) is 3.57 Å². The Labute approximate surface area is 110 Å². The second-order valence-electron chi connectivity index (χ2n) is 3.87. The molecule has 0 amide bonds. The maximum Gasteiger partial charge on any atom is 0.145 e. The Bertz CT molecular complexity index is 342. The van der Waals surface area contributed by atoms with Gasteiger partial charge in [0, 0.05) is 25.9 Å². The molecule has 1 aromatic heterocycles. The summed E-state index contributed by atoms with van der Waals surface area (Å²) in [5.74, 6) is 1.02. The molecule has 1 unspecified atom stereocenters. The van der Waals surface area contributed by atoms with Gasteiger partial charge in [0.1, 0.15) is 12.1 Å². The van der Waals surface area contributed by atoms with Gasteiger partial charge in [-0.25, -0.2) is 9.97 Å². The van der Waals surface area contributed by atoms with Crippen molar-refractivity contribution in [2.45, 2.75) is 25.9 Å². The van der Waals surface area contributed by atoms with Crippen LogP contribution < -0.4 is 4.90 Å². The zero-order valence-electron chi connectivity index (χ0n) is 9.40. The molecular formula is C11H16IN3O. The summed E-state index contributed by atoms with van der Waals surface area (Å²) >= 11 is 2.28. The maximum absolute atomic E-state index is 5.66. The number of halogens is 1. The molecule has 0 radical (unpaired) electrons. The van der Waals surface area contributed by atoms with Crippen molar-refractivity contribution in [3.05, 3.63) is 16.1 Å². The highest BCUT2D eigenvalue weighted by Crippen LogP contribution is 2.21. The molecule has 1 fully saturated rings. The lowest BCUT2D eigenvalue weighted by Gasteiger charge is -2.25. The van der Waals surface area contributed by atoms with E-state index in [0.717, 1.165) is 35.5 Å². The van der Waals surface area contributed by atoms with Crippen LogP contribution in [0.2, 0.25) is 0 Å². The minimum absolute atomic E-state index is 0.366. The second-order valence-corrected chi connectivity index (χ2v) is 5.03. The van der Waals surface area contributed by atoms with E-state index in [2.05, 4.69) is 44.4 Å². The molecule has 5 heteroatoms. The molecule has 0 saturated carbocycles. The molecule has 16 heavy (non-hydrogen) atoms. The first kappa shape index (κ1) is 12.0. The van der Waals surface area contributed by atoms with Crippen LogP contribution in [0.4, 0.5) is 5.82 Å². The number of aromatic nitrogens is 2. The fourth-order valence-corrected chi connectivity index (χ4v) is 2.58. The molecule has 0 spiro atoms. The van der Waals surface area contributed by atoms with Crippen LogP contribution in [-0.2, 0) is 4.74 Å². The van der Waals surface area contributed by atoms with Crippen LogP contribution in [-0.4, -0.2) is 35.8 Å². The average molecular weight is 333 g/mol. The quantitative estimate of drug-likeness (QED) is 0.791. The van der Waals surface area contributed by atoms with E-state index >= 15 is 0 Å². The summed E-state index contributed by atoms with van der Waals surface area (Å²) in [5.41, 5.74) is 0. The Balaban J connectivity index is 2.06. The number of nitrogens with zero attached hydrogens (tertiary/aromatic N) is 3. The van der Waals surface area contributed by atoms with Gasteiger partial charge in [-0.3, -0.25) is 0 Å². The van der Waals surface area contributed by atoms with Gasteiger partial charge >= 0.3 is 0 Å². The molecule has 0 bridgehead atoms. The highest BCUT2D eigenvalue weighted by molar-refractivity contribution is 14.1. The molecule has 1 atom stereocenters. The third kappa shape index (κ3) is 2.82. The van der Waals surface area contributed by atoms with E-state index in [1.165, 1.54) is 6.42 Å². The SMILES string of the molecule is CCN(CC1CCCO1)c1ncncc1I. The third-order valence-corrected chi connectivity index (χ3v) is 3.54. The average Bonchev–Trinajstić information content (AvgIpc) is 2.80. The summed E-state index contributed by atoms with van der Waals surface area (Å²) in [6, 6.07) is 0. The Hall–Kier alpha value is -0.430. The first-order chi connectivity index (χ1) is 7.81. The Kier molecular flexibility index (Phi) is 4.34. The van der Waals surface area contributed by atoms with Gasteiger partial charge in [-0.1, -0.05) is 0 Å². The Morgan fingerprint density at radius 3 is 3.12 bits per heavy atom. The number of hydrogen-bond acceptors (Lipinski definition) is 4. The molecule has 4 nitrogen and oxygen atoms in total.